The van der Waals surface area contributed by atoms with E-state index in [2.05, 4.69) is 42.3 Å². The van der Waals surface area contributed by atoms with Gasteiger partial charge in [0.05, 0.1) is 18.2 Å². The van der Waals surface area contributed by atoms with E-state index in [0.29, 0.717) is 12.5 Å². The quantitative estimate of drug-likeness (QED) is 0.576. The molecule has 0 fully saturated rings. The SMILES string of the molecule is Cc1c(C)n(Cc2ccco2)c2ncn3nc(CC(C)C)nc3c12. The van der Waals surface area contributed by atoms with Crippen LogP contribution in [0.2, 0.25) is 0 Å². The Morgan fingerprint density at radius 1 is 1.21 bits per heavy atom. The van der Waals surface area contributed by atoms with Gasteiger partial charge in [-0.3, -0.25) is 0 Å². The molecule has 4 heterocycles. The van der Waals surface area contributed by atoms with E-state index in [0.717, 1.165) is 34.7 Å². The molecule has 0 radical (unpaired) electrons. The highest BCUT2D eigenvalue weighted by atomic mass is 16.3. The third kappa shape index (κ3) is 2.29. The van der Waals surface area contributed by atoms with E-state index >= 15 is 0 Å². The lowest BCUT2D eigenvalue weighted by atomic mass is 10.1. The number of rotatable bonds is 4. The molecule has 0 N–H and O–H groups in total. The molecule has 0 saturated heterocycles. The monoisotopic (exact) mass is 323 g/mol. The second kappa shape index (κ2) is 5.47. The van der Waals surface area contributed by atoms with Crippen LogP contribution in [0.4, 0.5) is 0 Å². The number of hydrogen-bond donors (Lipinski definition) is 0. The Bertz CT molecular complexity index is 1010. The van der Waals surface area contributed by atoms with Crippen LogP contribution in [0.1, 0.15) is 36.7 Å². The van der Waals surface area contributed by atoms with E-state index in [9.17, 15) is 0 Å². The number of aromatic nitrogens is 5. The van der Waals surface area contributed by atoms with Gasteiger partial charge in [-0.15, -0.1) is 5.10 Å². The van der Waals surface area contributed by atoms with Gasteiger partial charge in [0.15, 0.2) is 11.5 Å². The van der Waals surface area contributed by atoms with E-state index in [4.69, 9.17) is 9.40 Å². The molecular formula is C18H21N5O. The Labute approximate surface area is 140 Å². The van der Waals surface area contributed by atoms with Crippen LogP contribution in [0.25, 0.3) is 16.7 Å². The molecule has 0 spiro atoms. The van der Waals surface area contributed by atoms with E-state index in [-0.39, 0.29) is 0 Å². The first-order valence-corrected chi connectivity index (χ1v) is 8.26. The van der Waals surface area contributed by atoms with Crippen LogP contribution in [-0.4, -0.2) is 24.1 Å². The van der Waals surface area contributed by atoms with Gasteiger partial charge in [0.25, 0.3) is 0 Å². The number of hydrogen-bond acceptors (Lipinski definition) is 4. The fourth-order valence-corrected chi connectivity index (χ4v) is 3.18. The van der Waals surface area contributed by atoms with Crippen molar-refractivity contribution >= 4 is 16.7 Å². The first-order chi connectivity index (χ1) is 11.5. The predicted molar refractivity (Wildman–Crippen MR) is 92.1 cm³/mol. The molecule has 0 aliphatic heterocycles. The minimum Gasteiger partial charge on any atom is -0.467 e. The van der Waals surface area contributed by atoms with Crippen molar-refractivity contribution in [2.45, 2.75) is 40.7 Å². The molecule has 6 nitrogen and oxygen atoms in total. The Morgan fingerprint density at radius 3 is 2.75 bits per heavy atom. The standard InChI is InChI=1S/C18H21N5O/c1-11(2)8-15-20-18-16-12(3)13(4)22(9-14-6-5-7-24-14)17(16)19-10-23(18)21-15/h5-7,10-11H,8-9H2,1-4H3. The lowest BCUT2D eigenvalue weighted by Gasteiger charge is -2.05. The van der Waals surface area contributed by atoms with Crippen molar-refractivity contribution in [2.24, 2.45) is 5.92 Å². The summed E-state index contributed by atoms with van der Waals surface area (Å²) in [6, 6.07) is 3.89. The van der Waals surface area contributed by atoms with Crippen LogP contribution in [0.5, 0.6) is 0 Å². The van der Waals surface area contributed by atoms with E-state index in [1.165, 1.54) is 11.3 Å². The van der Waals surface area contributed by atoms with Crippen molar-refractivity contribution in [1.82, 2.24) is 24.1 Å². The second-order valence-electron chi connectivity index (χ2n) is 6.71. The maximum absolute atomic E-state index is 5.50. The normalized spacial score (nSPS) is 12.0. The summed E-state index contributed by atoms with van der Waals surface area (Å²) in [4.78, 5) is 9.41. The molecule has 4 aromatic heterocycles. The zero-order valence-corrected chi connectivity index (χ0v) is 14.4. The highest BCUT2D eigenvalue weighted by molar-refractivity contribution is 5.93. The summed E-state index contributed by atoms with van der Waals surface area (Å²) in [6.07, 6.45) is 4.33. The summed E-state index contributed by atoms with van der Waals surface area (Å²) in [5.74, 6) is 2.31. The first kappa shape index (κ1) is 14.9. The van der Waals surface area contributed by atoms with E-state index < -0.39 is 0 Å². The molecule has 0 aliphatic carbocycles. The van der Waals surface area contributed by atoms with Crippen molar-refractivity contribution in [3.05, 3.63) is 47.6 Å². The minimum atomic E-state index is 0.525. The average Bonchev–Trinajstić information content (AvgIpc) is 3.22. The fraction of sp³-hybridized carbons (Fsp3) is 0.389. The Kier molecular flexibility index (Phi) is 3.40. The Hall–Kier alpha value is -2.63. The van der Waals surface area contributed by atoms with Gasteiger partial charge in [0.2, 0.25) is 0 Å². The maximum atomic E-state index is 5.50. The lowest BCUT2D eigenvalue weighted by Crippen LogP contribution is -2.02. The largest absolute Gasteiger partial charge is 0.467 e. The summed E-state index contributed by atoms with van der Waals surface area (Å²) < 4.78 is 9.48. The molecule has 0 saturated carbocycles. The fourth-order valence-electron chi connectivity index (χ4n) is 3.18. The summed E-state index contributed by atoms with van der Waals surface area (Å²) in [5.41, 5.74) is 4.18. The molecule has 24 heavy (non-hydrogen) atoms. The third-order valence-electron chi connectivity index (χ3n) is 4.47. The molecule has 6 heteroatoms. The van der Waals surface area contributed by atoms with Crippen LogP contribution in [0.15, 0.2) is 29.1 Å². The maximum Gasteiger partial charge on any atom is 0.168 e. The highest BCUT2D eigenvalue weighted by Gasteiger charge is 2.18. The summed E-state index contributed by atoms with van der Waals surface area (Å²) in [6.45, 7) is 9.25. The molecule has 0 amide bonds. The topological polar surface area (TPSA) is 61.2 Å². The van der Waals surface area contributed by atoms with Gasteiger partial charge in [-0.25, -0.2) is 14.5 Å². The molecule has 4 rings (SSSR count). The zero-order valence-electron chi connectivity index (χ0n) is 14.4. The number of furan rings is 1. The molecule has 4 aromatic rings. The number of nitrogens with zero attached hydrogens (tertiary/aromatic N) is 5. The molecular weight excluding hydrogens is 302 g/mol. The number of aryl methyl sites for hydroxylation is 1. The number of fused-ring (bicyclic) bond motifs is 3. The van der Waals surface area contributed by atoms with Gasteiger partial charge in [-0.2, -0.15) is 0 Å². The van der Waals surface area contributed by atoms with Gasteiger partial charge >= 0.3 is 0 Å². The molecule has 0 unspecified atom stereocenters. The van der Waals surface area contributed by atoms with E-state index in [1.54, 1.807) is 17.1 Å². The molecule has 0 aromatic carbocycles. The van der Waals surface area contributed by atoms with Crippen LogP contribution in [0, 0.1) is 19.8 Å². The van der Waals surface area contributed by atoms with Crippen molar-refractivity contribution in [1.29, 1.82) is 0 Å². The predicted octanol–water partition coefficient (Wildman–Crippen LogP) is 3.54. The van der Waals surface area contributed by atoms with Gasteiger partial charge in [-0.1, -0.05) is 13.8 Å². The minimum absolute atomic E-state index is 0.525. The third-order valence-corrected chi connectivity index (χ3v) is 4.47. The Morgan fingerprint density at radius 2 is 2.04 bits per heavy atom. The van der Waals surface area contributed by atoms with Crippen molar-refractivity contribution < 1.29 is 4.42 Å². The van der Waals surface area contributed by atoms with Crippen LogP contribution >= 0.6 is 0 Å². The smallest absolute Gasteiger partial charge is 0.168 e. The van der Waals surface area contributed by atoms with Crippen LogP contribution < -0.4 is 0 Å². The average molecular weight is 323 g/mol. The molecule has 0 bridgehead atoms. The van der Waals surface area contributed by atoms with Gasteiger partial charge in [-0.05, 0) is 37.5 Å². The lowest BCUT2D eigenvalue weighted by molar-refractivity contribution is 0.494. The van der Waals surface area contributed by atoms with Crippen LogP contribution in [-0.2, 0) is 13.0 Å². The zero-order chi connectivity index (χ0) is 16.8. The van der Waals surface area contributed by atoms with Gasteiger partial charge in [0, 0.05) is 12.1 Å². The van der Waals surface area contributed by atoms with Gasteiger partial charge < -0.3 is 8.98 Å². The van der Waals surface area contributed by atoms with Crippen molar-refractivity contribution in [3.8, 4) is 0 Å². The first-order valence-electron chi connectivity index (χ1n) is 8.26. The summed E-state index contributed by atoms with van der Waals surface area (Å²) in [5, 5.41) is 5.65. The molecule has 0 aliphatic rings. The van der Waals surface area contributed by atoms with Crippen molar-refractivity contribution in [3.63, 3.8) is 0 Å². The van der Waals surface area contributed by atoms with E-state index in [1.807, 2.05) is 12.1 Å². The summed E-state index contributed by atoms with van der Waals surface area (Å²) in [7, 11) is 0. The second-order valence-corrected chi connectivity index (χ2v) is 6.71. The summed E-state index contributed by atoms with van der Waals surface area (Å²) >= 11 is 0. The van der Waals surface area contributed by atoms with Crippen LogP contribution in [0.3, 0.4) is 0 Å². The van der Waals surface area contributed by atoms with Crippen molar-refractivity contribution in [2.75, 3.05) is 0 Å². The molecule has 124 valence electrons. The van der Waals surface area contributed by atoms with Gasteiger partial charge in [0.1, 0.15) is 17.7 Å². The Balaban J connectivity index is 1.91. The molecule has 0 atom stereocenters. The highest BCUT2D eigenvalue weighted by Crippen LogP contribution is 2.27.